The van der Waals surface area contributed by atoms with Gasteiger partial charge in [-0.05, 0) is 48.1 Å². The first-order valence-electron chi connectivity index (χ1n) is 10.6. The number of H-pyrrole nitrogens is 1. The van der Waals surface area contributed by atoms with Gasteiger partial charge in [-0.25, -0.2) is 8.78 Å². The number of carbonyl (C=O) groups excluding carboxylic acids is 1. The third-order valence-electron chi connectivity index (χ3n) is 5.71. The summed E-state index contributed by atoms with van der Waals surface area (Å²) in [6.07, 6.45) is 1.41. The molecule has 5 N–H and O–H groups in total. The number of aromatic hydroxyl groups is 1. The Labute approximate surface area is 204 Å². The van der Waals surface area contributed by atoms with Crippen LogP contribution in [-0.4, -0.2) is 69.8 Å². The Kier molecular flexibility index (Phi) is 6.96. The molecular formula is C22H23F2N7O3S. The van der Waals surface area contributed by atoms with Crippen molar-refractivity contribution >= 4 is 34.7 Å². The summed E-state index contributed by atoms with van der Waals surface area (Å²) in [5.74, 6) is -2.00. The van der Waals surface area contributed by atoms with Crippen LogP contribution < -0.4 is 16.0 Å². The van der Waals surface area contributed by atoms with Gasteiger partial charge in [0, 0.05) is 31.7 Å². The molecule has 1 amide bonds. The number of thiocarbonyl (C=S) groups is 1. The van der Waals surface area contributed by atoms with E-state index in [1.165, 1.54) is 43.6 Å². The second-order valence-corrected chi connectivity index (χ2v) is 8.22. The number of carbonyl (C=O) groups is 1. The molecule has 10 nitrogen and oxygen atoms in total. The number of nitrogens with zero attached hydrogens (tertiary/aromatic N) is 4. The van der Waals surface area contributed by atoms with Gasteiger partial charge < -0.3 is 30.7 Å². The molecule has 0 aliphatic carbocycles. The van der Waals surface area contributed by atoms with E-state index in [9.17, 15) is 9.90 Å². The van der Waals surface area contributed by atoms with Crippen LogP contribution in [-0.2, 0) is 4.74 Å². The second-order valence-electron chi connectivity index (χ2n) is 7.85. The van der Waals surface area contributed by atoms with Crippen molar-refractivity contribution in [2.24, 2.45) is 0 Å². The Balaban J connectivity index is 1.51. The number of piperazine rings is 1. The molecule has 0 bridgehead atoms. The smallest absolute Gasteiger partial charge is 0.257 e. The summed E-state index contributed by atoms with van der Waals surface area (Å²) in [7, 11) is 1.37. The first-order chi connectivity index (χ1) is 16.8. The molecule has 184 valence electrons. The van der Waals surface area contributed by atoms with Crippen LogP contribution in [0.25, 0.3) is 0 Å². The Bertz CT molecular complexity index is 1210. The van der Waals surface area contributed by atoms with Crippen LogP contribution in [0.5, 0.6) is 5.75 Å². The SMILES string of the molecule is COC(=S)NC(c1cc(F)c(N2CCN(C(=O)c3ccc(N)c(O)c3)CC2)c(F)c1)c1cn[nH]n1. The molecular weight excluding hydrogens is 480 g/mol. The molecule has 1 aliphatic rings. The number of phenolic OH excluding ortho intramolecular Hbond substituents is 1. The minimum atomic E-state index is -0.787. The zero-order valence-corrected chi connectivity index (χ0v) is 19.5. The monoisotopic (exact) mass is 503 g/mol. The van der Waals surface area contributed by atoms with Gasteiger partial charge in [-0.2, -0.15) is 15.4 Å². The van der Waals surface area contributed by atoms with E-state index in [0.717, 1.165) is 0 Å². The lowest BCUT2D eigenvalue weighted by molar-refractivity contribution is 0.0746. The highest BCUT2D eigenvalue weighted by atomic mass is 32.1. The number of nitrogen functional groups attached to an aromatic ring is 1. The fraction of sp³-hybridized carbons (Fsp3) is 0.273. The van der Waals surface area contributed by atoms with Gasteiger partial charge in [-0.15, -0.1) is 0 Å². The minimum absolute atomic E-state index is 0.0260. The number of nitrogens with one attached hydrogen (secondary N) is 2. The zero-order valence-electron chi connectivity index (χ0n) is 18.7. The molecule has 0 spiro atoms. The number of methoxy groups -OCH3 is 1. The first kappa shape index (κ1) is 24.1. The van der Waals surface area contributed by atoms with Crippen molar-refractivity contribution in [1.82, 2.24) is 25.6 Å². The van der Waals surface area contributed by atoms with Crippen molar-refractivity contribution in [1.29, 1.82) is 0 Å². The molecule has 2 aromatic carbocycles. The standard InChI is InChI=1S/C22H23F2N7O3S/c1-34-22(35)27-19(17-11-26-29-28-17)13-8-14(23)20(15(24)9-13)30-4-6-31(7-5-30)21(33)12-2-3-16(25)18(32)10-12/h2-3,8-11,19,32H,4-7,25H2,1H3,(H,27,35)(H,26,28,29). The number of aromatic nitrogens is 3. The van der Waals surface area contributed by atoms with Crippen molar-refractivity contribution in [3.8, 4) is 5.75 Å². The van der Waals surface area contributed by atoms with Gasteiger partial charge in [-0.3, -0.25) is 4.79 Å². The second kappa shape index (κ2) is 10.1. The predicted molar refractivity (Wildman–Crippen MR) is 128 cm³/mol. The lowest BCUT2D eigenvalue weighted by Crippen LogP contribution is -2.49. The van der Waals surface area contributed by atoms with E-state index in [0.29, 0.717) is 5.69 Å². The molecule has 4 rings (SSSR count). The van der Waals surface area contributed by atoms with Crippen molar-refractivity contribution in [3.63, 3.8) is 0 Å². The number of rotatable bonds is 5. The van der Waals surface area contributed by atoms with E-state index in [1.54, 1.807) is 9.80 Å². The third-order valence-corrected chi connectivity index (χ3v) is 5.99. The van der Waals surface area contributed by atoms with Crippen LogP contribution in [0.2, 0.25) is 0 Å². The number of hydrogen-bond acceptors (Lipinski definition) is 8. The van der Waals surface area contributed by atoms with Gasteiger partial charge in [0.2, 0.25) is 0 Å². The molecule has 1 aliphatic heterocycles. The normalized spacial score (nSPS) is 14.5. The Morgan fingerprint density at radius 2 is 1.91 bits per heavy atom. The van der Waals surface area contributed by atoms with Crippen LogP contribution in [0.1, 0.15) is 27.7 Å². The van der Waals surface area contributed by atoms with Crippen molar-refractivity contribution in [2.75, 3.05) is 43.9 Å². The fourth-order valence-electron chi connectivity index (χ4n) is 3.90. The van der Waals surface area contributed by atoms with Gasteiger partial charge in [0.15, 0.2) is 0 Å². The highest BCUT2D eigenvalue weighted by Crippen LogP contribution is 2.30. The fourth-order valence-corrected chi connectivity index (χ4v) is 4.02. The van der Waals surface area contributed by atoms with E-state index in [4.69, 9.17) is 22.7 Å². The molecule has 1 fully saturated rings. The number of aromatic amines is 1. The van der Waals surface area contributed by atoms with E-state index in [-0.39, 0.29) is 65.5 Å². The number of ether oxygens (including phenoxy) is 1. The average molecular weight is 504 g/mol. The van der Waals surface area contributed by atoms with E-state index < -0.39 is 17.7 Å². The molecule has 0 radical (unpaired) electrons. The predicted octanol–water partition coefficient (Wildman–Crippen LogP) is 1.94. The van der Waals surface area contributed by atoms with Crippen LogP contribution in [0.3, 0.4) is 0 Å². The van der Waals surface area contributed by atoms with Crippen molar-refractivity contribution in [2.45, 2.75) is 6.04 Å². The maximum absolute atomic E-state index is 15.2. The maximum Gasteiger partial charge on any atom is 0.257 e. The first-order valence-corrected chi connectivity index (χ1v) is 11.0. The third kappa shape index (κ3) is 5.09. The molecule has 1 saturated heterocycles. The van der Waals surface area contributed by atoms with Gasteiger partial charge in [0.1, 0.15) is 34.8 Å². The molecule has 1 unspecified atom stereocenters. The molecule has 1 atom stereocenters. The zero-order chi connectivity index (χ0) is 25.1. The van der Waals surface area contributed by atoms with Crippen molar-refractivity contribution in [3.05, 3.63) is 65.0 Å². The van der Waals surface area contributed by atoms with E-state index in [1.807, 2.05) is 0 Å². The molecule has 2 heterocycles. The lowest BCUT2D eigenvalue weighted by Gasteiger charge is -2.36. The van der Waals surface area contributed by atoms with E-state index >= 15 is 8.78 Å². The highest BCUT2D eigenvalue weighted by Gasteiger charge is 2.28. The van der Waals surface area contributed by atoms with Crippen LogP contribution in [0.4, 0.5) is 20.2 Å². The molecule has 13 heteroatoms. The number of benzene rings is 2. The average Bonchev–Trinajstić information content (AvgIpc) is 3.38. The Hall–Kier alpha value is -4.00. The largest absolute Gasteiger partial charge is 0.506 e. The number of nitrogens with two attached hydrogens (primary N) is 1. The Morgan fingerprint density at radius 3 is 2.49 bits per heavy atom. The molecule has 0 saturated carbocycles. The van der Waals surface area contributed by atoms with Gasteiger partial charge in [0.25, 0.3) is 11.1 Å². The number of amides is 1. The summed E-state index contributed by atoms with van der Waals surface area (Å²) < 4.78 is 35.3. The summed E-state index contributed by atoms with van der Waals surface area (Å²) in [4.78, 5) is 15.9. The van der Waals surface area contributed by atoms with Crippen LogP contribution in [0.15, 0.2) is 36.5 Å². The van der Waals surface area contributed by atoms with Gasteiger partial charge >= 0.3 is 0 Å². The quantitative estimate of drug-likeness (QED) is 0.234. The van der Waals surface area contributed by atoms with E-state index in [2.05, 4.69) is 20.7 Å². The van der Waals surface area contributed by atoms with Gasteiger partial charge in [-0.1, -0.05) is 0 Å². The summed E-state index contributed by atoms with van der Waals surface area (Å²) in [6.45, 7) is 0.933. The summed E-state index contributed by atoms with van der Waals surface area (Å²) >= 11 is 5.04. The summed E-state index contributed by atoms with van der Waals surface area (Å²) in [6, 6.07) is 5.90. The highest BCUT2D eigenvalue weighted by molar-refractivity contribution is 7.80. The summed E-state index contributed by atoms with van der Waals surface area (Å²) in [5, 5.41) is 22.8. The molecule has 35 heavy (non-hydrogen) atoms. The van der Waals surface area contributed by atoms with Crippen molar-refractivity contribution < 1.29 is 23.4 Å². The lowest BCUT2D eigenvalue weighted by atomic mass is 10.0. The number of hydrogen-bond donors (Lipinski definition) is 4. The number of halogens is 2. The number of phenols is 1. The topological polar surface area (TPSA) is 133 Å². The summed E-state index contributed by atoms with van der Waals surface area (Å²) in [5.41, 5.74) is 6.48. The van der Waals surface area contributed by atoms with Crippen LogP contribution >= 0.6 is 12.2 Å². The number of anilines is 2. The Morgan fingerprint density at radius 1 is 1.23 bits per heavy atom. The van der Waals surface area contributed by atoms with Crippen LogP contribution in [0, 0.1) is 11.6 Å². The molecule has 1 aromatic heterocycles. The maximum atomic E-state index is 15.2. The molecule has 3 aromatic rings. The minimum Gasteiger partial charge on any atom is -0.506 e. The van der Waals surface area contributed by atoms with Gasteiger partial charge in [0.05, 0.1) is 19.0 Å².